The van der Waals surface area contributed by atoms with Crippen LogP contribution in [0.15, 0.2) is 176 Å². The van der Waals surface area contributed by atoms with Gasteiger partial charge in [-0.25, -0.2) is 13.7 Å². The molecule has 0 spiro atoms. The molecule has 71 heavy (non-hydrogen) atoms. The van der Waals surface area contributed by atoms with E-state index in [0.29, 0.717) is 42.6 Å². The van der Waals surface area contributed by atoms with Crippen LogP contribution in [0, 0.1) is 6.92 Å². The number of pyridine rings is 3. The summed E-state index contributed by atoms with van der Waals surface area (Å²) < 4.78 is 62.5. The fourth-order valence-electron chi connectivity index (χ4n) is 9.64. The van der Waals surface area contributed by atoms with E-state index in [0.717, 1.165) is 89.2 Å². The second-order valence-electron chi connectivity index (χ2n) is 18.7. The maximum Gasteiger partial charge on any atom is 0.737 e. The lowest BCUT2D eigenvalue weighted by Gasteiger charge is -2.34. The van der Waals surface area contributed by atoms with Gasteiger partial charge < -0.3 is 31.8 Å². The van der Waals surface area contributed by atoms with Crippen LogP contribution in [0.5, 0.6) is 17.2 Å². The highest BCUT2D eigenvalue weighted by atomic mass is 19.2. The van der Waals surface area contributed by atoms with Gasteiger partial charge in [0.2, 0.25) is 0 Å². The normalized spacial score (nSPS) is 14.0. The van der Waals surface area contributed by atoms with Crippen molar-refractivity contribution in [2.75, 3.05) is 19.8 Å². The first-order valence-electron chi connectivity index (χ1n) is 24.7. The van der Waals surface area contributed by atoms with Crippen molar-refractivity contribution < 1.29 is 41.0 Å². The topological polar surface area (TPSA) is 47.3 Å². The summed E-state index contributed by atoms with van der Waals surface area (Å²) in [6.07, 6.45) is 27.1. The van der Waals surface area contributed by atoms with Gasteiger partial charge in [0, 0.05) is 64.0 Å². The molecule has 0 fully saturated rings. The van der Waals surface area contributed by atoms with Crippen molar-refractivity contribution in [3.63, 3.8) is 0 Å². The SMILES string of the molecule is CC1=CC(/C=C/c2ccc(OCCCc3ccc[n+](C)c3)cc2)=[N+]2C1=C(c1ccc(OCCCc3ccc[n+](C)c3)cc1)c1c(C)cc(/C=C/c3ccc(OCCCc4ccc[n+](C)c4)cc3)n1[B-]2(F)F. The molecule has 0 N–H and O–H groups in total. The predicted octanol–water partition coefficient (Wildman–Crippen LogP) is 10.6. The van der Waals surface area contributed by atoms with E-state index in [2.05, 4.69) is 68.7 Å². The monoisotopic (exact) mass is 950 g/mol. The van der Waals surface area contributed by atoms with Crippen molar-refractivity contribution in [1.82, 2.24) is 4.48 Å². The molecule has 0 atom stereocenters. The van der Waals surface area contributed by atoms with Crippen LogP contribution in [-0.4, -0.2) is 41.5 Å². The number of aromatic nitrogens is 4. The Labute approximate surface area is 417 Å². The van der Waals surface area contributed by atoms with Crippen LogP contribution in [0.3, 0.4) is 0 Å². The number of allylic oxidation sites excluding steroid dienone is 3. The maximum atomic E-state index is 17.8. The Kier molecular flexibility index (Phi) is 15.0. The minimum absolute atomic E-state index is 0.418. The third-order valence-corrected chi connectivity index (χ3v) is 13.0. The predicted molar refractivity (Wildman–Crippen MR) is 279 cm³/mol. The summed E-state index contributed by atoms with van der Waals surface area (Å²) in [6, 6.07) is 37.9. The van der Waals surface area contributed by atoms with Gasteiger partial charge in [-0.05, 0) is 147 Å². The molecule has 0 bridgehead atoms. The van der Waals surface area contributed by atoms with Gasteiger partial charge in [-0.1, -0.05) is 42.5 Å². The first-order valence-corrected chi connectivity index (χ1v) is 24.7. The Morgan fingerprint density at radius 3 is 1.44 bits per heavy atom. The second-order valence-corrected chi connectivity index (χ2v) is 18.7. The quantitative estimate of drug-likeness (QED) is 0.0435. The van der Waals surface area contributed by atoms with Crippen molar-refractivity contribution in [2.45, 2.75) is 52.4 Å². The summed E-state index contributed by atoms with van der Waals surface area (Å²) in [5.41, 5.74) is 10.5. The average Bonchev–Trinajstić information content (AvgIpc) is 3.89. The Hall–Kier alpha value is -7.66. The standard InChI is InChI=1S/C60H63BF2N5O3/c1-45-40-53(26-18-47-20-28-55(29-21-47)69-37-9-15-49-12-6-34-64(3)42-49)67-59(45)58(52-24-32-57(33-25-52)71-39-11-17-51-14-8-36-66(5)44-51)60-46(2)41-54(68(60)61(67,62)63)27-19-48-22-30-56(31-23-48)70-38-10-16-50-13-7-35-65(4)43-50/h6-8,12-14,18-36,40-44H,9-11,15-17,37-39H2,1-5H3/q+3/b26-18+,27-19+. The van der Waals surface area contributed by atoms with E-state index in [1.54, 1.807) is 12.2 Å². The third kappa shape index (κ3) is 11.7. The summed E-state index contributed by atoms with van der Waals surface area (Å²) in [6.45, 7) is 1.24. The zero-order valence-electron chi connectivity index (χ0n) is 41.5. The molecule has 8 nitrogen and oxygen atoms in total. The van der Waals surface area contributed by atoms with E-state index in [1.165, 1.54) is 25.7 Å². The van der Waals surface area contributed by atoms with Crippen LogP contribution in [0.4, 0.5) is 8.63 Å². The number of fused-ring (bicyclic) bond motifs is 2. The number of aryl methyl sites for hydroxylation is 7. The highest BCUT2D eigenvalue weighted by Gasteiger charge is 2.55. The van der Waals surface area contributed by atoms with E-state index < -0.39 is 6.97 Å². The summed E-state index contributed by atoms with van der Waals surface area (Å²) in [5, 5.41) is 0. The number of hydrogen-bond donors (Lipinski definition) is 0. The lowest BCUT2D eigenvalue weighted by Crippen LogP contribution is -2.51. The molecule has 0 saturated carbocycles. The molecule has 360 valence electrons. The van der Waals surface area contributed by atoms with Gasteiger partial charge in [-0.3, -0.25) is 0 Å². The number of hydrogen-bond acceptors (Lipinski definition) is 3. The van der Waals surface area contributed by atoms with Crippen LogP contribution in [0.2, 0.25) is 0 Å². The minimum Gasteiger partial charge on any atom is -0.494 e. The van der Waals surface area contributed by atoms with Gasteiger partial charge in [-0.15, -0.1) is 0 Å². The number of halogens is 2. The van der Waals surface area contributed by atoms with Crippen LogP contribution in [0.1, 0.15) is 76.5 Å². The fourth-order valence-corrected chi connectivity index (χ4v) is 9.64. The van der Waals surface area contributed by atoms with Crippen molar-refractivity contribution in [3.05, 3.63) is 226 Å². The van der Waals surface area contributed by atoms with Crippen molar-refractivity contribution in [1.29, 1.82) is 0 Å². The fraction of sp³-hybridized carbons (Fsp3) is 0.233. The van der Waals surface area contributed by atoms with Gasteiger partial charge in [0.25, 0.3) is 0 Å². The first kappa shape index (κ1) is 48.4. The number of benzene rings is 3. The minimum atomic E-state index is -4.36. The zero-order chi connectivity index (χ0) is 49.3. The Balaban J connectivity index is 0.963. The molecular formula is C60H63BF2N5O3+3. The van der Waals surface area contributed by atoms with Crippen LogP contribution in [-0.2, 0) is 40.4 Å². The first-order chi connectivity index (χ1) is 34.5. The van der Waals surface area contributed by atoms with Gasteiger partial charge in [0.1, 0.15) is 38.4 Å². The lowest BCUT2D eigenvalue weighted by molar-refractivity contribution is -0.672. The molecule has 0 unspecified atom stereocenters. The van der Waals surface area contributed by atoms with E-state index in [4.69, 9.17) is 14.2 Å². The Morgan fingerprint density at radius 2 is 0.986 bits per heavy atom. The molecule has 0 saturated heterocycles. The molecule has 0 aliphatic carbocycles. The van der Waals surface area contributed by atoms with Crippen LogP contribution < -0.4 is 27.9 Å². The Bertz CT molecular complexity index is 3170. The maximum absolute atomic E-state index is 17.8. The van der Waals surface area contributed by atoms with E-state index in [-0.39, 0.29) is 0 Å². The zero-order valence-corrected chi connectivity index (χ0v) is 41.5. The molecule has 2 aliphatic rings. The molecule has 7 aromatic rings. The summed E-state index contributed by atoms with van der Waals surface area (Å²) in [5.74, 6) is 2.28. The molecule has 3 aromatic carbocycles. The van der Waals surface area contributed by atoms with E-state index in [9.17, 15) is 0 Å². The molecule has 11 heteroatoms. The van der Waals surface area contributed by atoms with Gasteiger partial charge in [0.15, 0.2) is 48.6 Å². The van der Waals surface area contributed by atoms with Crippen molar-refractivity contribution in [2.24, 2.45) is 21.1 Å². The third-order valence-electron chi connectivity index (χ3n) is 13.0. The molecule has 9 rings (SSSR count). The molecular weight excluding hydrogens is 887 g/mol. The molecule has 0 amide bonds. The second kappa shape index (κ2) is 22.0. The van der Waals surface area contributed by atoms with Gasteiger partial charge in [0.05, 0.1) is 25.4 Å². The highest BCUT2D eigenvalue weighted by Crippen LogP contribution is 2.45. The molecule has 6 heterocycles. The number of rotatable bonds is 20. The van der Waals surface area contributed by atoms with Crippen LogP contribution >= 0.6 is 0 Å². The van der Waals surface area contributed by atoms with Crippen molar-refractivity contribution in [3.8, 4) is 17.2 Å². The largest absolute Gasteiger partial charge is 0.737 e. The molecule has 0 radical (unpaired) electrons. The van der Waals surface area contributed by atoms with Crippen molar-refractivity contribution >= 4 is 36.5 Å². The Morgan fingerprint density at radius 1 is 0.549 bits per heavy atom. The van der Waals surface area contributed by atoms with Gasteiger partial charge >= 0.3 is 6.97 Å². The van der Waals surface area contributed by atoms with E-state index in [1.807, 2.05) is 151 Å². The lowest BCUT2D eigenvalue weighted by atomic mass is 9.83. The summed E-state index contributed by atoms with van der Waals surface area (Å²) in [7, 11) is 6.07. The van der Waals surface area contributed by atoms with Crippen LogP contribution in [0.25, 0.3) is 23.8 Å². The highest BCUT2D eigenvalue weighted by molar-refractivity contribution is 6.58. The molecule has 2 aliphatic heterocycles. The van der Waals surface area contributed by atoms with Gasteiger partial charge in [-0.2, -0.15) is 0 Å². The number of nitrogens with zero attached hydrogens (tertiary/aromatic N) is 5. The summed E-state index contributed by atoms with van der Waals surface area (Å²) >= 11 is 0. The smallest absolute Gasteiger partial charge is 0.494 e. The summed E-state index contributed by atoms with van der Waals surface area (Å²) in [4.78, 5) is 0. The average molecular weight is 951 g/mol. The molecule has 4 aromatic heterocycles. The van der Waals surface area contributed by atoms with E-state index >= 15 is 8.63 Å². The number of ether oxygens (including phenoxy) is 3.